The first-order chi connectivity index (χ1) is 14.2. The normalized spacial score (nSPS) is 18.6. The van der Waals surface area contributed by atoms with Gasteiger partial charge in [-0.05, 0) is 67.3 Å². The summed E-state index contributed by atoms with van der Waals surface area (Å²) >= 11 is 11.7. The lowest BCUT2D eigenvalue weighted by Crippen LogP contribution is -2.47. The molecule has 0 spiro atoms. The molecule has 1 fully saturated rings. The number of likely N-dealkylation sites (tertiary alicyclic amines) is 1. The van der Waals surface area contributed by atoms with Crippen molar-refractivity contribution in [3.63, 3.8) is 0 Å². The lowest BCUT2D eigenvalue weighted by atomic mass is 9.90. The number of carbonyl (C=O) groups excluding carboxylic acids is 1. The van der Waals surface area contributed by atoms with Crippen LogP contribution in [0.3, 0.4) is 0 Å². The Hall–Kier alpha value is -1.96. The van der Waals surface area contributed by atoms with Crippen LogP contribution in [0.1, 0.15) is 24.3 Å². The molecule has 4 nitrogen and oxygen atoms in total. The summed E-state index contributed by atoms with van der Waals surface area (Å²) in [5.74, 6) is 0.104. The predicted molar refractivity (Wildman–Crippen MR) is 111 cm³/mol. The molecule has 30 heavy (non-hydrogen) atoms. The fourth-order valence-corrected chi connectivity index (χ4v) is 3.73. The first kappa shape index (κ1) is 22.7. The van der Waals surface area contributed by atoms with E-state index in [1.165, 1.54) is 24.3 Å². The van der Waals surface area contributed by atoms with Crippen molar-refractivity contribution in [1.82, 2.24) is 4.90 Å². The first-order valence-electron chi connectivity index (χ1n) is 9.48. The lowest BCUT2D eigenvalue weighted by molar-refractivity contribution is -0.207. The number of alkyl halides is 3. The number of nitrogens with zero attached hydrogens (tertiary/aromatic N) is 1. The predicted octanol–water partition coefficient (Wildman–Crippen LogP) is 6.35. The SMILES string of the molecule is O=C(Nc1ccc(Cl)cc1)OC(CN1CCCC(c2ccc(Cl)cc2)C1)C(F)(F)F. The van der Waals surface area contributed by atoms with Crippen molar-refractivity contribution in [3.05, 3.63) is 64.1 Å². The average molecular weight is 461 g/mol. The number of hydrogen-bond acceptors (Lipinski definition) is 3. The van der Waals surface area contributed by atoms with E-state index in [-0.39, 0.29) is 5.92 Å². The van der Waals surface area contributed by atoms with Crippen molar-refractivity contribution in [2.45, 2.75) is 31.0 Å². The van der Waals surface area contributed by atoms with E-state index in [1.807, 2.05) is 12.1 Å². The van der Waals surface area contributed by atoms with Gasteiger partial charge >= 0.3 is 12.3 Å². The Bertz CT molecular complexity index is 845. The molecule has 1 saturated heterocycles. The summed E-state index contributed by atoms with van der Waals surface area (Å²) in [7, 11) is 0. The number of ether oxygens (including phenoxy) is 1. The average Bonchev–Trinajstić information content (AvgIpc) is 2.69. The molecule has 3 rings (SSSR count). The molecule has 2 atom stereocenters. The van der Waals surface area contributed by atoms with Crippen molar-refractivity contribution in [3.8, 4) is 0 Å². The molecule has 0 aliphatic carbocycles. The van der Waals surface area contributed by atoms with Gasteiger partial charge in [0.2, 0.25) is 6.10 Å². The Balaban J connectivity index is 1.61. The number of anilines is 1. The Kier molecular flexibility index (Phi) is 7.50. The third-order valence-corrected chi connectivity index (χ3v) is 5.48. The molecule has 0 aromatic heterocycles. The van der Waals surface area contributed by atoms with Crippen LogP contribution >= 0.6 is 23.2 Å². The summed E-state index contributed by atoms with van der Waals surface area (Å²) < 4.78 is 45.3. The van der Waals surface area contributed by atoms with Crippen LogP contribution in [0.25, 0.3) is 0 Å². The molecule has 1 amide bonds. The maximum atomic E-state index is 13.5. The summed E-state index contributed by atoms with van der Waals surface area (Å²) in [5.41, 5.74) is 1.33. The van der Waals surface area contributed by atoms with E-state index in [0.717, 1.165) is 18.4 Å². The molecule has 1 aliphatic rings. The summed E-state index contributed by atoms with van der Waals surface area (Å²) in [5, 5.41) is 3.36. The van der Waals surface area contributed by atoms with Gasteiger partial charge in [0.25, 0.3) is 0 Å². The van der Waals surface area contributed by atoms with E-state index in [0.29, 0.717) is 28.8 Å². The summed E-state index contributed by atoms with van der Waals surface area (Å²) in [6.45, 7) is 0.552. The molecule has 0 radical (unpaired) electrons. The van der Waals surface area contributed by atoms with Gasteiger partial charge < -0.3 is 4.74 Å². The largest absolute Gasteiger partial charge is 0.435 e. The van der Waals surface area contributed by atoms with Crippen LogP contribution in [-0.2, 0) is 4.74 Å². The molecule has 1 N–H and O–H groups in total. The molecule has 0 saturated carbocycles. The Labute approximate surface area is 182 Å². The van der Waals surface area contributed by atoms with Gasteiger partial charge in [0.1, 0.15) is 0 Å². The zero-order valence-corrected chi connectivity index (χ0v) is 17.5. The lowest BCUT2D eigenvalue weighted by Gasteiger charge is -2.35. The monoisotopic (exact) mass is 460 g/mol. The Morgan fingerprint density at radius 2 is 1.70 bits per heavy atom. The third-order valence-electron chi connectivity index (χ3n) is 4.98. The second-order valence-corrected chi connectivity index (χ2v) is 8.09. The maximum absolute atomic E-state index is 13.5. The molecule has 1 heterocycles. The number of hydrogen-bond donors (Lipinski definition) is 1. The van der Waals surface area contributed by atoms with Crippen molar-refractivity contribution < 1.29 is 22.7 Å². The van der Waals surface area contributed by atoms with Gasteiger partial charge in [0, 0.05) is 28.8 Å². The minimum atomic E-state index is -4.68. The topological polar surface area (TPSA) is 41.6 Å². The molecule has 2 aromatic carbocycles. The Morgan fingerprint density at radius 1 is 1.10 bits per heavy atom. The molecule has 2 aromatic rings. The van der Waals surface area contributed by atoms with Crippen molar-refractivity contribution >= 4 is 35.0 Å². The number of halogens is 5. The number of amides is 1. The second kappa shape index (κ2) is 9.90. The molecule has 2 unspecified atom stereocenters. The molecule has 0 bridgehead atoms. The van der Waals surface area contributed by atoms with E-state index < -0.39 is 24.9 Å². The van der Waals surface area contributed by atoms with E-state index in [4.69, 9.17) is 27.9 Å². The Morgan fingerprint density at radius 3 is 2.30 bits per heavy atom. The van der Waals surface area contributed by atoms with Crippen LogP contribution < -0.4 is 5.32 Å². The van der Waals surface area contributed by atoms with Crippen molar-refractivity contribution in [2.75, 3.05) is 25.0 Å². The molecular formula is C21H21Cl2F3N2O2. The van der Waals surface area contributed by atoms with Crippen LogP contribution in [0.4, 0.5) is 23.7 Å². The zero-order chi connectivity index (χ0) is 21.7. The molecular weight excluding hydrogens is 440 g/mol. The second-order valence-electron chi connectivity index (χ2n) is 7.22. The van der Waals surface area contributed by atoms with Gasteiger partial charge in [0.15, 0.2) is 0 Å². The molecule has 1 aliphatic heterocycles. The van der Waals surface area contributed by atoms with Crippen LogP contribution in [0.2, 0.25) is 10.0 Å². The van der Waals surface area contributed by atoms with Gasteiger partial charge in [-0.15, -0.1) is 0 Å². The van der Waals surface area contributed by atoms with Gasteiger partial charge in [-0.25, -0.2) is 4.79 Å². The molecule has 162 valence electrons. The highest BCUT2D eigenvalue weighted by Crippen LogP contribution is 2.30. The zero-order valence-electron chi connectivity index (χ0n) is 16.0. The van der Waals surface area contributed by atoms with Crippen molar-refractivity contribution in [2.24, 2.45) is 0 Å². The quantitative estimate of drug-likeness (QED) is 0.564. The van der Waals surface area contributed by atoms with Crippen LogP contribution in [-0.4, -0.2) is 42.9 Å². The minimum absolute atomic E-state index is 0.104. The highest BCUT2D eigenvalue weighted by Gasteiger charge is 2.44. The van der Waals surface area contributed by atoms with Crippen LogP contribution in [0.5, 0.6) is 0 Å². The van der Waals surface area contributed by atoms with Crippen LogP contribution in [0, 0.1) is 0 Å². The third kappa shape index (κ3) is 6.52. The number of piperidine rings is 1. The summed E-state index contributed by atoms with van der Waals surface area (Å²) in [6, 6.07) is 13.3. The number of benzene rings is 2. The standard InChI is InChI=1S/C21H21Cl2F3N2O2/c22-16-5-3-14(4-6-16)15-2-1-11-28(12-15)13-19(21(24,25)26)30-20(29)27-18-9-7-17(23)8-10-18/h3-10,15,19H,1-2,11-13H2,(H,27,29). The van der Waals surface area contributed by atoms with Gasteiger partial charge in [0.05, 0.1) is 0 Å². The number of nitrogens with one attached hydrogen (secondary N) is 1. The summed E-state index contributed by atoms with van der Waals surface area (Å²) in [6.07, 6.45) is -6.42. The highest BCUT2D eigenvalue weighted by molar-refractivity contribution is 6.30. The minimum Gasteiger partial charge on any atom is -0.435 e. The van der Waals surface area contributed by atoms with Gasteiger partial charge in [-0.3, -0.25) is 10.2 Å². The smallest absolute Gasteiger partial charge is 0.426 e. The highest BCUT2D eigenvalue weighted by atomic mass is 35.5. The van der Waals surface area contributed by atoms with Crippen LogP contribution in [0.15, 0.2) is 48.5 Å². The maximum Gasteiger partial charge on any atom is 0.426 e. The summed E-state index contributed by atoms with van der Waals surface area (Å²) in [4.78, 5) is 13.7. The van der Waals surface area contributed by atoms with E-state index in [9.17, 15) is 18.0 Å². The van der Waals surface area contributed by atoms with E-state index in [2.05, 4.69) is 5.32 Å². The first-order valence-corrected chi connectivity index (χ1v) is 10.2. The van der Waals surface area contributed by atoms with Crippen molar-refractivity contribution in [1.29, 1.82) is 0 Å². The number of rotatable bonds is 5. The molecule has 9 heteroatoms. The van der Waals surface area contributed by atoms with Gasteiger partial charge in [-0.2, -0.15) is 13.2 Å². The van der Waals surface area contributed by atoms with Gasteiger partial charge in [-0.1, -0.05) is 35.3 Å². The number of carbonyl (C=O) groups is 1. The van der Waals surface area contributed by atoms with E-state index >= 15 is 0 Å². The fourth-order valence-electron chi connectivity index (χ4n) is 3.48. The fraction of sp³-hybridized carbons (Fsp3) is 0.381. The van der Waals surface area contributed by atoms with E-state index in [1.54, 1.807) is 17.0 Å².